The van der Waals surface area contributed by atoms with Gasteiger partial charge in [-0.25, -0.2) is 4.79 Å². The van der Waals surface area contributed by atoms with Crippen molar-refractivity contribution in [3.05, 3.63) is 42.5 Å². The Morgan fingerprint density at radius 3 is 2.53 bits per heavy atom. The van der Waals surface area contributed by atoms with Gasteiger partial charge < -0.3 is 4.74 Å². The number of azo groups is 1. The van der Waals surface area contributed by atoms with Crippen molar-refractivity contribution in [2.24, 2.45) is 10.2 Å². The highest BCUT2D eigenvalue weighted by Gasteiger charge is 2.24. The smallest absolute Gasteiger partial charge is 0.340 e. The summed E-state index contributed by atoms with van der Waals surface area (Å²) in [6, 6.07) is 6.03. The minimum atomic E-state index is -1.22. The maximum absolute atomic E-state index is 11.6. The quantitative estimate of drug-likeness (QED) is 0.342. The molecule has 0 aliphatic rings. The van der Waals surface area contributed by atoms with E-state index in [9.17, 15) is 9.59 Å². The number of esters is 1. The van der Waals surface area contributed by atoms with Gasteiger partial charge in [-0.3, -0.25) is 4.79 Å². The van der Waals surface area contributed by atoms with Gasteiger partial charge in [0.1, 0.15) is 6.61 Å². The lowest BCUT2D eigenvalue weighted by Gasteiger charge is -2.06. The lowest BCUT2D eigenvalue weighted by Crippen LogP contribution is -2.28. The predicted molar refractivity (Wildman–Crippen MR) is 71.3 cm³/mol. The molecule has 1 unspecified atom stereocenters. The van der Waals surface area contributed by atoms with Gasteiger partial charge in [-0.2, -0.15) is 10.2 Å². The van der Waals surface area contributed by atoms with Crippen LogP contribution in [0.3, 0.4) is 0 Å². The molecule has 0 spiro atoms. The van der Waals surface area contributed by atoms with E-state index in [1.54, 1.807) is 12.1 Å². The van der Waals surface area contributed by atoms with E-state index in [2.05, 4.69) is 16.8 Å². The van der Waals surface area contributed by atoms with Gasteiger partial charge >= 0.3 is 5.97 Å². The second-order valence-electron chi connectivity index (χ2n) is 3.98. The summed E-state index contributed by atoms with van der Waals surface area (Å²) in [5.41, 5.74) is 1.67. The fourth-order valence-electron chi connectivity index (χ4n) is 1.25. The largest absolute Gasteiger partial charge is 0.459 e. The first-order valence-electron chi connectivity index (χ1n) is 5.80. The van der Waals surface area contributed by atoms with Gasteiger partial charge in [-0.15, -0.1) is 0 Å². The summed E-state index contributed by atoms with van der Waals surface area (Å²) in [5.74, 6) is -1.13. The molecule has 0 aliphatic carbocycles. The molecule has 0 amide bonds. The molecule has 0 heterocycles. The number of carbonyl (C=O) groups is 2. The summed E-state index contributed by atoms with van der Waals surface area (Å²) in [4.78, 5) is 22.9. The fourth-order valence-corrected chi connectivity index (χ4v) is 1.25. The average molecular weight is 260 g/mol. The van der Waals surface area contributed by atoms with Crippen LogP contribution in [-0.4, -0.2) is 24.4 Å². The van der Waals surface area contributed by atoms with E-state index < -0.39 is 17.8 Å². The van der Waals surface area contributed by atoms with Crippen LogP contribution in [0.1, 0.15) is 12.5 Å². The number of carbonyl (C=O) groups excluding carboxylic acids is 2. The van der Waals surface area contributed by atoms with E-state index in [1.165, 1.54) is 13.0 Å². The molecular formula is C14H16N2O3. The van der Waals surface area contributed by atoms with Crippen molar-refractivity contribution in [2.45, 2.75) is 19.9 Å². The number of benzene rings is 1. The van der Waals surface area contributed by atoms with Crippen molar-refractivity contribution in [1.82, 2.24) is 0 Å². The van der Waals surface area contributed by atoms with E-state index >= 15 is 0 Å². The van der Waals surface area contributed by atoms with Crippen LogP contribution in [0.5, 0.6) is 0 Å². The molecular weight excluding hydrogens is 244 g/mol. The Labute approximate surface area is 112 Å². The predicted octanol–water partition coefficient (Wildman–Crippen LogP) is 2.77. The first kappa shape index (κ1) is 14.8. The Morgan fingerprint density at radius 1 is 1.37 bits per heavy atom. The van der Waals surface area contributed by atoms with Crippen molar-refractivity contribution >= 4 is 17.4 Å². The molecule has 0 N–H and O–H groups in total. The van der Waals surface area contributed by atoms with E-state index in [0.29, 0.717) is 5.69 Å². The van der Waals surface area contributed by atoms with Crippen LogP contribution in [0.15, 0.2) is 47.1 Å². The van der Waals surface area contributed by atoms with Gasteiger partial charge in [0, 0.05) is 0 Å². The summed E-state index contributed by atoms with van der Waals surface area (Å²) in [5, 5.41) is 7.62. The van der Waals surface area contributed by atoms with Crippen LogP contribution < -0.4 is 0 Å². The number of nitrogens with zero attached hydrogens (tertiary/aromatic N) is 2. The molecule has 0 radical (unpaired) electrons. The molecule has 0 saturated heterocycles. The minimum Gasteiger partial charge on any atom is -0.459 e. The zero-order valence-electron chi connectivity index (χ0n) is 11.0. The molecule has 1 aromatic rings. The third-order valence-corrected chi connectivity index (χ3v) is 2.27. The van der Waals surface area contributed by atoms with Crippen molar-refractivity contribution in [3.63, 3.8) is 0 Å². The van der Waals surface area contributed by atoms with Crippen molar-refractivity contribution in [2.75, 3.05) is 6.61 Å². The number of hydrogen-bond donors (Lipinski definition) is 0. The summed E-state index contributed by atoms with van der Waals surface area (Å²) in [6.45, 7) is 6.69. The zero-order valence-corrected chi connectivity index (χ0v) is 11.0. The zero-order chi connectivity index (χ0) is 14.3. The number of Topliss-reactive ketones (excluding diaryl/α,β-unsaturated/α-hetero) is 1. The van der Waals surface area contributed by atoms with Gasteiger partial charge in [0.25, 0.3) is 0 Å². The monoisotopic (exact) mass is 260 g/mol. The molecule has 1 rings (SSSR count). The standard InChI is InChI=1S/C14H16N2O3/c1-4-9-19-14(18)13(11(3)17)16-15-12-7-5-10(2)6-8-12/h4-8,13H,1,9H2,2-3H3. The molecule has 0 bridgehead atoms. The summed E-state index contributed by atoms with van der Waals surface area (Å²) < 4.78 is 4.79. The molecule has 0 saturated carbocycles. The van der Waals surface area contributed by atoms with Gasteiger partial charge in [0.15, 0.2) is 5.78 Å². The molecule has 0 aliphatic heterocycles. The topological polar surface area (TPSA) is 68.1 Å². The Kier molecular flexibility index (Phi) is 5.60. The highest BCUT2D eigenvalue weighted by atomic mass is 16.5. The van der Waals surface area contributed by atoms with Crippen LogP contribution in [0.2, 0.25) is 0 Å². The van der Waals surface area contributed by atoms with Crippen molar-refractivity contribution in [1.29, 1.82) is 0 Å². The first-order valence-corrected chi connectivity index (χ1v) is 5.80. The van der Waals surface area contributed by atoms with Crippen LogP contribution in [-0.2, 0) is 14.3 Å². The molecule has 5 heteroatoms. The van der Waals surface area contributed by atoms with E-state index in [-0.39, 0.29) is 6.61 Å². The lowest BCUT2D eigenvalue weighted by molar-refractivity contribution is -0.146. The van der Waals surface area contributed by atoms with Crippen molar-refractivity contribution in [3.8, 4) is 0 Å². The lowest BCUT2D eigenvalue weighted by atomic mass is 10.2. The molecule has 5 nitrogen and oxygen atoms in total. The number of rotatable bonds is 6. The second kappa shape index (κ2) is 7.20. The summed E-state index contributed by atoms with van der Waals surface area (Å²) >= 11 is 0. The third kappa shape index (κ3) is 4.83. The Bertz CT molecular complexity index is 492. The normalized spacial score (nSPS) is 12.1. The maximum atomic E-state index is 11.6. The van der Waals surface area contributed by atoms with Gasteiger partial charge in [0.2, 0.25) is 6.04 Å². The Hall–Kier alpha value is -2.30. The van der Waals surface area contributed by atoms with E-state index in [4.69, 9.17) is 4.74 Å². The Morgan fingerprint density at radius 2 is 2.00 bits per heavy atom. The van der Waals surface area contributed by atoms with E-state index in [0.717, 1.165) is 5.56 Å². The SMILES string of the molecule is C=CCOC(=O)C(N=Nc1ccc(C)cc1)C(C)=O. The summed E-state index contributed by atoms with van der Waals surface area (Å²) in [6.07, 6.45) is 1.42. The van der Waals surface area contributed by atoms with Crippen LogP contribution in [0.4, 0.5) is 5.69 Å². The average Bonchev–Trinajstić information content (AvgIpc) is 2.38. The Balaban J connectivity index is 2.78. The highest BCUT2D eigenvalue weighted by molar-refractivity contribution is 6.02. The van der Waals surface area contributed by atoms with Crippen molar-refractivity contribution < 1.29 is 14.3 Å². The summed E-state index contributed by atoms with van der Waals surface area (Å²) in [7, 11) is 0. The van der Waals surface area contributed by atoms with E-state index in [1.807, 2.05) is 19.1 Å². The van der Waals surface area contributed by atoms with Crippen LogP contribution >= 0.6 is 0 Å². The molecule has 1 aromatic carbocycles. The highest BCUT2D eigenvalue weighted by Crippen LogP contribution is 2.14. The number of hydrogen-bond acceptors (Lipinski definition) is 5. The number of ether oxygens (including phenoxy) is 1. The maximum Gasteiger partial charge on any atom is 0.340 e. The molecule has 100 valence electrons. The fraction of sp³-hybridized carbons (Fsp3) is 0.286. The molecule has 0 aromatic heterocycles. The van der Waals surface area contributed by atoms with Gasteiger partial charge in [-0.05, 0) is 26.0 Å². The number of ketones is 1. The third-order valence-electron chi connectivity index (χ3n) is 2.27. The number of aryl methyl sites for hydroxylation is 1. The molecule has 1 atom stereocenters. The minimum absolute atomic E-state index is 0.0443. The molecule has 19 heavy (non-hydrogen) atoms. The molecule has 0 fully saturated rings. The van der Waals surface area contributed by atoms with Crippen LogP contribution in [0.25, 0.3) is 0 Å². The van der Waals surface area contributed by atoms with Crippen LogP contribution in [0, 0.1) is 6.92 Å². The first-order chi connectivity index (χ1) is 9.04. The van der Waals surface area contributed by atoms with Gasteiger partial charge in [-0.1, -0.05) is 30.4 Å². The van der Waals surface area contributed by atoms with Gasteiger partial charge in [0.05, 0.1) is 5.69 Å². The second-order valence-corrected chi connectivity index (χ2v) is 3.98.